The average Bonchev–Trinajstić information content (AvgIpc) is 3.27. The summed E-state index contributed by atoms with van der Waals surface area (Å²) < 4.78 is 12.4. The number of aromatic nitrogens is 4. The van der Waals surface area contributed by atoms with E-state index < -0.39 is 5.91 Å². The molecule has 3 heterocycles. The summed E-state index contributed by atoms with van der Waals surface area (Å²) >= 11 is 0. The Kier molecular flexibility index (Phi) is 3.17. The number of hydrogen-bond acceptors (Lipinski definition) is 7. The number of carbonyl (C=O) groups is 1. The predicted octanol–water partition coefficient (Wildman–Crippen LogP) is 1.28. The molecule has 9 nitrogen and oxygen atoms in total. The van der Waals surface area contributed by atoms with Crippen LogP contribution in [-0.4, -0.2) is 32.3 Å². The quantitative estimate of drug-likeness (QED) is 0.561. The van der Waals surface area contributed by atoms with Crippen molar-refractivity contribution in [2.75, 3.05) is 12.5 Å². The van der Waals surface area contributed by atoms with Gasteiger partial charge < -0.3 is 20.9 Å². The summed E-state index contributed by atoms with van der Waals surface area (Å²) in [4.78, 5) is 20.5. The molecule has 0 unspecified atom stereocenters. The number of primary amides is 1. The van der Waals surface area contributed by atoms with Gasteiger partial charge in [-0.15, -0.1) is 5.10 Å². The molecule has 1 aliphatic rings. The number of carbonyl (C=O) groups excluding carboxylic acids is 1. The minimum absolute atomic E-state index is 0.148. The fraction of sp³-hybridized carbons (Fsp3) is 0.111. The van der Waals surface area contributed by atoms with Crippen molar-refractivity contribution in [3.05, 3.63) is 53.3 Å². The van der Waals surface area contributed by atoms with E-state index in [1.807, 2.05) is 18.2 Å². The second kappa shape index (κ2) is 5.56. The van der Waals surface area contributed by atoms with E-state index in [1.54, 1.807) is 22.7 Å². The zero-order chi connectivity index (χ0) is 18.5. The lowest BCUT2D eigenvalue weighted by Gasteiger charge is -2.08. The molecule has 0 aliphatic carbocycles. The van der Waals surface area contributed by atoms with E-state index in [0.29, 0.717) is 40.5 Å². The van der Waals surface area contributed by atoms with Crippen molar-refractivity contribution in [3.8, 4) is 11.5 Å². The van der Waals surface area contributed by atoms with Gasteiger partial charge in [0.1, 0.15) is 5.82 Å². The molecule has 4 aromatic rings. The summed E-state index contributed by atoms with van der Waals surface area (Å²) in [7, 11) is 0. The van der Waals surface area contributed by atoms with Gasteiger partial charge in [0.05, 0.1) is 5.52 Å². The van der Waals surface area contributed by atoms with Gasteiger partial charge in [-0.25, -0.2) is 4.98 Å². The first kappa shape index (κ1) is 15.4. The van der Waals surface area contributed by atoms with E-state index in [2.05, 4.69) is 15.1 Å². The number of ether oxygens (including phenoxy) is 2. The Morgan fingerprint density at radius 3 is 2.81 bits per heavy atom. The lowest BCUT2D eigenvalue weighted by Crippen LogP contribution is -2.11. The van der Waals surface area contributed by atoms with Crippen molar-refractivity contribution in [2.45, 2.75) is 6.42 Å². The van der Waals surface area contributed by atoms with Gasteiger partial charge in [0, 0.05) is 17.4 Å². The Hall–Kier alpha value is -3.88. The lowest BCUT2D eigenvalue weighted by molar-refractivity contribution is 0.100. The number of fused-ring (bicyclic) bond motifs is 4. The van der Waals surface area contributed by atoms with Crippen LogP contribution in [0.4, 0.5) is 5.95 Å². The Morgan fingerprint density at radius 2 is 1.96 bits per heavy atom. The normalized spacial score (nSPS) is 12.7. The predicted molar refractivity (Wildman–Crippen MR) is 96.6 cm³/mol. The summed E-state index contributed by atoms with van der Waals surface area (Å²) in [6, 6.07) is 10.7. The van der Waals surface area contributed by atoms with Gasteiger partial charge in [-0.05, 0) is 35.9 Å². The van der Waals surface area contributed by atoms with Crippen LogP contribution in [0.2, 0.25) is 0 Å². The van der Waals surface area contributed by atoms with Crippen LogP contribution in [0, 0.1) is 0 Å². The number of hydrogen-bond donors (Lipinski definition) is 2. The van der Waals surface area contributed by atoms with Crippen molar-refractivity contribution in [1.82, 2.24) is 19.6 Å². The number of nitrogens with zero attached hydrogens (tertiary/aromatic N) is 4. The van der Waals surface area contributed by atoms with Crippen LogP contribution in [0.25, 0.3) is 16.6 Å². The molecule has 0 saturated heterocycles. The lowest BCUT2D eigenvalue weighted by atomic mass is 10.1. The third-order valence-corrected chi connectivity index (χ3v) is 4.44. The molecular formula is C18H14N6O3. The number of nitrogen functional groups attached to an aromatic ring is 1. The van der Waals surface area contributed by atoms with Crippen LogP contribution in [0.1, 0.15) is 21.7 Å². The van der Waals surface area contributed by atoms with E-state index in [9.17, 15) is 4.79 Å². The summed E-state index contributed by atoms with van der Waals surface area (Å²) in [6.45, 7) is 0.215. The monoisotopic (exact) mass is 362 g/mol. The summed E-state index contributed by atoms with van der Waals surface area (Å²) in [5, 5.41) is 5.00. The average molecular weight is 362 g/mol. The van der Waals surface area contributed by atoms with E-state index in [-0.39, 0.29) is 12.7 Å². The maximum absolute atomic E-state index is 11.5. The highest BCUT2D eigenvalue weighted by Crippen LogP contribution is 2.33. The smallest absolute Gasteiger partial charge is 0.248 e. The molecular weight excluding hydrogens is 348 g/mol. The first-order valence-corrected chi connectivity index (χ1v) is 8.22. The summed E-state index contributed by atoms with van der Waals surface area (Å²) in [5.41, 5.74) is 13.7. The van der Waals surface area contributed by atoms with E-state index in [0.717, 1.165) is 10.9 Å². The highest BCUT2D eigenvalue weighted by atomic mass is 16.7. The molecule has 4 N–H and O–H groups in total. The van der Waals surface area contributed by atoms with Gasteiger partial charge >= 0.3 is 0 Å². The zero-order valence-corrected chi connectivity index (χ0v) is 14.0. The third-order valence-electron chi connectivity index (χ3n) is 4.44. The molecule has 2 aromatic carbocycles. The minimum atomic E-state index is -0.517. The molecule has 0 radical (unpaired) electrons. The van der Waals surface area contributed by atoms with Gasteiger partial charge in [-0.3, -0.25) is 4.79 Å². The Balaban J connectivity index is 1.68. The van der Waals surface area contributed by atoms with Crippen LogP contribution in [0.5, 0.6) is 11.5 Å². The van der Waals surface area contributed by atoms with Crippen molar-refractivity contribution in [2.24, 2.45) is 5.73 Å². The Labute approximate surface area is 152 Å². The minimum Gasteiger partial charge on any atom is -0.454 e. The van der Waals surface area contributed by atoms with Crippen molar-refractivity contribution >= 4 is 28.4 Å². The van der Waals surface area contributed by atoms with Crippen LogP contribution >= 0.6 is 0 Å². The molecule has 0 atom stereocenters. The zero-order valence-electron chi connectivity index (χ0n) is 14.0. The molecule has 0 saturated carbocycles. The highest BCUT2D eigenvalue weighted by molar-refractivity contribution is 5.99. The van der Waals surface area contributed by atoms with Crippen molar-refractivity contribution in [3.63, 3.8) is 0 Å². The number of anilines is 1. The molecule has 1 amide bonds. The molecule has 1 aliphatic heterocycles. The van der Waals surface area contributed by atoms with Crippen molar-refractivity contribution in [1.29, 1.82) is 0 Å². The largest absolute Gasteiger partial charge is 0.454 e. The van der Waals surface area contributed by atoms with Crippen LogP contribution in [0.3, 0.4) is 0 Å². The van der Waals surface area contributed by atoms with E-state index in [4.69, 9.17) is 20.9 Å². The second-order valence-electron chi connectivity index (χ2n) is 6.19. The van der Waals surface area contributed by atoms with Gasteiger partial charge in [-0.1, -0.05) is 6.07 Å². The highest BCUT2D eigenvalue weighted by Gasteiger charge is 2.17. The molecule has 134 valence electrons. The maximum atomic E-state index is 11.5. The Morgan fingerprint density at radius 1 is 1.11 bits per heavy atom. The number of benzene rings is 2. The number of rotatable bonds is 3. The molecule has 0 bridgehead atoms. The van der Waals surface area contributed by atoms with Crippen LogP contribution < -0.4 is 20.9 Å². The fourth-order valence-electron chi connectivity index (χ4n) is 3.18. The van der Waals surface area contributed by atoms with E-state index >= 15 is 0 Å². The third kappa shape index (κ3) is 2.48. The topological polar surface area (TPSA) is 131 Å². The first-order chi connectivity index (χ1) is 13.1. The van der Waals surface area contributed by atoms with Gasteiger partial charge in [-0.2, -0.15) is 9.50 Å². The fourth-order valence-corrected chi connectivity index (χ4v) is 3.18. The first-order valence-electron chi connectivity index (χ1n) is 8.22. The van der Waals surface area contributed by atoms with E-state index in [1.165, 1.54) is 0 Å². The summed E-state index contributed by atoms with van der Waals surface area (Å²) in [6.07, 6.45) is 0.465. The van der Waals surface area contributed by atoms with Crippen molar-refractivity contribution < 1.29 is 14.3 Å². The van der Waals surface area contributed by atoms with Crippen LogP contribution in [-0.2, 0) is 6.42 Å². The molecule has 0 spiro atoms. The second-order valence-corrected chi connectivity index (χ2v) is 6.19. The molecule has 5 rings (SSSR count). The molecule has 9 heteroatoms. The SMILES string of the molecule is NC(=O)c1ccc2c(c1)nc(Cc1ccc3c(c1)OCO3)n1nc(N)nc21. The van der Waals surface area contributed by atoms with Gasteiger partial charge in [0.2, 0.25) is 18.6 Å². The maximum Gasteiger partial charge on any atom is 0.248 e. The number of nitrogens with two attached hydrogens (primary N) is 2. The van der Waals surface area contributed by atoms with Crippen LogP contribution in [0.15, 0.2) is 36.4 Å². The summed E-state index contributed by atoms with van der Waals surface area (Å²) in [5.74, 6) is 1.67. The molecule has 0 fully saturated rings. The molecule has 2 aromatic heterocycles. The standard InChI is InChI=1S/C18H14N6O3/c19-16(25)10-2-3-11-12(7-10)21-15(24-17(11)22-18(20)23-24)6-9-1-4-13-14(5-9)27-8-26-13/h1-5,7H,6,8H2,(H2,19,25)(H2,20,23). The Bertz CT molecular complexity index is 1230. The van der Waals surface area contributed by atoms with Gasteiger partial charge in [0.15, 0.2) is 17.1 Å². The van der Waals surface area contributed by atoms with Gasteiger partial charge in [0.25, 0.3) is 0 Å². The molecule has 27 heavy (non-hydrogen) atoms. The number of amides is 1.